The van der Waals surface area contributed by atoms with Crippen LogP contribution >= 0.6 is 15.9 Å². The summed E-state index contributed by atoms with van der Waals surface area (Å²) in [4.78, 5) is 0. The fourth-order valence-electron chi connectivity index (χ4n) is 2.95. The molecule has 1 atom stereocenters. The van der Waals surface area contributed by atoms with E-state index in [9.17, 15) is 0 Å². The summed E-state index contributed by atoms with van der Waals surface area (Å²) in [5.74, 6) is 1.04. The summed E-state index contributed by atoms with van der Waals surface area (Å²) in [6.45, 7) is 2.96. The molecule has 2 nitrogen and oxygen atoms in total. The SMILES string of the molecule is CNC(c1ccc2c(c1)CCCO2)c1cccc(C)c1Br. The minimum Gasteiger partial charge on any atom is -0.493 e. The Morgan fingerprint density at radius 2 is 2.10 bits per heavy atom. The number of ether oxygens (including phenoxy) is 1. The Morgan fingerprint density at radius 1 is 1.24 bits per heavy atom. The average Bonchev–Trinajstić information content (AvgIpc) is 2.52. The molecule has 0 aromatic heterocycles. The third-order valence-corrected chi connectivity index (χ3v) is 5.17. The lowest BCUT2D eigenvalue weighted by Crippen LogP contribution is -2.19. The lowest BCUT2D eigenvalue weighted by molar-refractivity contribution is 0.288. The molecule has 0 bridgehead atoms. The van der Waals surface area contributed by atoms with E-state index in [-0.39, 0.29) is 6.04 Å². The normalized spacial score (nSPS) is 15.2. The predicted octanol–water partition coefficient (Wildman–Crippen LogP) is 4.39. The van der Waals surface area contributed by atoms with Gasteiger partial charge in [0.25, 0.3) is 0 Å². The van der Waals surface area contributed by atoms with Gasteiger partial charge in [-0.25, -0.2) is 0 Å². The zero-order chi connectivity index (χ0) is 14.8. The summed E-state index contributed by atoms with van der Waals surface area (Å²) in [5, 5.41) is 3.44. The highest BCUT2D eigenvalue weighted by molar-refractivity contribution is 9.10. The van der Waals surface area contributed by atoms with Crippen LogP contribution in [0.1, 0.15) is 34.7 Å². The molecule has 0 aliphatic carbocycles. The summed E-state index contributed by atoms with van der Waals surface area (Å²) in [5.41, 5.74) is 5.14. The first-order chi connectivity index (χ1) is 10.2. The molecule has 1 N–H and O–H groups in total. The molecule has 1 heterocycles. The van der Waals surface area contributed by atoms with Gasteiger partial charge in [0.15, 0.2) is 0 Å². The molecule has 2 aromatic carbocycles. The van der Waals surface area contributed by atoms with E-state index in [1.54, 1.807) is 0 Å². The van der Waals surface area contributed by atoms with Gasteiger partial charge >= 0.3 is 0 Å². The first-order valence-corrected chi connectivity index (χ1v) is 8.18. The summed E-state index contributed by atoms with van der Waals surface area (Å²) in [6.07, 6.45) is 2.21. The standard InChI is InChI=1S/C18H20BrNO/c1-12-5-3-7-15(17(12)19)18(20-2)14-8-9-16-13(11-14)6-4-10-21-16/h3,5,7-9,11,18,20H,4,6,10H2,1-2H3. The Balaban J connectivity index is 2.02. The number of aryl methyl sites for hydroxylation is 2. The molecule has 3 rings (SSSR count). The largest absolute Gasteiger partial charge is 0.493 e. The van der Waals surface area contributed by atoms with E-state index < -0.39 is 0 Å². The van der Waals surface area contributed by atoms with Gasteiger partial charge < -0.3 is 10.1 Å². The molecule has 1 aliphatic rings. The van der Waals surface area contributed by atoms with E-state index in [1.807, 2.05) is 7.05 Å². The highest BCUT2D eigenvalue weighted by atomic mass is 79.9. The van der Waals surface area contributed by atoms with E-state index in [0.29, 0.717) is 0 Å². The predicted molar refractivity (Wildman–Crippen MR) is 90.0 cm³/mol. The Morgan fingerprint density at radius 3 is 2.90 bits per heavy atom. The van der Waals surface area contributed by atoms with Crippen LogP contribution < -0.4 is 10.1 Å². The zero-order valence-corrected chi connectivity index (χ0v) is 14.0. The maximum atomic E-state index is 5.71. The fourth-order valence-corrected chi connectivity index (χ4v) is 3.45. The molecule has 0 saturated heterocycles. The van der Waals surface area contributed by atoms with Crippen molar-refractivity contribution in [3.05, 3.63) is 63.1 Å². The molecule has 2 aromatic rings. The number of rotatable bonds is 3. The van der Waals surface area contributed by atoms with Crippen LogP contribution in [0, 0.1) is 6.92 Å². The van der Waals surface area contributed by atoms with Crippen molar-refractivity contribution in [2.45, 2.75) is 25.8 Å². The number of fused-ring (bicyclic) bond motifs is 1. The zero-order valence-electron chi connectivity index (χ0n) is 12.4. The van der Waals surface area contributed by atoms with Crippen molar-refractivity contribution < 1.29 is 4.74 Å². The van der Waals surface area contributed by atoms with Gasteiger partial charge in [-0.15, -0.1) is 0 Å². The average molecular weight is 346 g/mol. The lowest BCUT2D eigenvalue weighted by Gasteiger charge is -2.23. The van der Waals surface area contributed by atoms with Crippen LogP contribution in [0.2, 0.25) is 0 Å². The topological polar surface area (TPSA) is 21.3 Å². The van der Waals surface area contributed by atoms with Crippen molar-refractivity contribution in [2.24, 2.45) is 0 Å². The van der Waals surface area contributed by atoms with Gasteiger partial charge in [-0.2, -0.15) is 0 Å². The molecular weight excluding hydrogens is 326 g/mol. The van der Waals surface area contributed by atoms with Gasteiger partial charge in [0.05, 0.1) is 12.6 Å². The van der Waals surface area contributed by atoms with Gasteiger partial charge in [-0.05, 0) is 55.1 Å². The van der Waals surface area contributed by atoms with Crippen molar-refractivity contribution in [3.8, 4) is 5.75 Å². The summed E-state index contributed by atoms with van der Waals surface area (Å²) >= 11 is 3.73. The Labute approximate surface area is 134 Å². The molecular formula is C18H20BrNO. The van der Waals surface area contributed by atoms with Crippen molar-refractivity contribution in [2.75, 3.05) is 13.7 Å². The van der Waals surface area contributed by atoms with Crippen LogP contribution in [-0.2, 0) is 6.42 Å². The van der Waals surface area contributed by atoms with E-state index in [2.05, 4.69) is 64.6 Å². The number of hydrogen-bond acceptors (Lipinski definition) is 2. The molecule has 1 aliphatic heterocycles. The maximum Gasteiger partial charge on any atom is 0.122 e. The second kappa shape index (κ2) is 6.20. The van der Waals surface area contributed by atoms with E-state index in [4.69, 9.17) is 4.74 Å². The van der Waals surface area contributed by atoms with Crippen molar-refractivity contribution in [1.29, 1.82) is 0 Å². The highest BCUT2D eigenvalue weighted by Crippen LogP contribution is 2.33. The van der Waals surface area contributed by atoms with Gasteiger partial charge in [-0.1, -0.05) is 46.3 Å². The third kappa shape index (κ3) is 2.85. The highest BCUT2D eigenvalue weighted by Gasteiger charge is 2.18. The molecule has 1 unspecified atom stereocenters. The molecule has 110 valence electrons. The molecule has 0 spiro atoms. The van der Waals surface area contributed by atoms with E-state index >= 15 is 0 Å². The molecule has 3 heteroatoms. The number of nitrogens with one attached hydrogen (secondary N) is 1. The second-order valence-electron chi connectivity index (χ2n) is 5.52. The first kappa shape index (κ1) is 14.6. The van der Waals surface area contributed by atoms with Crippen LogP contribution in [-0.4, -0.2) is 13.7 Å². The summed E-state index contributed by atoms with van der Waals surface area (Å²) in [6, 6.07) is 13.2. The lowest BCUT2D eigenvalue weighted by atomic mass is 9.94. The fraction of sp³-hybridized carbons (Fsp3) is 0.333. The van der Waals surface area contributed by atoms with Crippen LogP contribution in [0.25, 0.3) is 0 Å². The van der Waals surface area contributed by atoms with Crippen molar-refractivity contribution >= 4 is 15.9 Å². The van der Waals surface area contributed by atoms with Crippen molar-refractivity contribution in [3.63, 3.8) is 0 Å². The Hall–Kier alpha value is -1.32. The van der Waals surface area contributed by atoms with Crippen molar-refractivity contribution in [1.82, 2.24) is 5.32 Å². The molecule has 0 radical (unpaired) electrons. The molecule has 0 amide bonds. The van der Waals surface area contributed by atoms with Gasteiger partial charge in [0.2, 0.25) is 0 Å². The van der Waals surface area contributed by atoms with Crippen LogP contribution in [0.15, 0.2) is 40.9 Å². The molecule has 21 heavy (non-hydrogen) atoms. The van der Waals surface area contributed by atoms with Gasteiger partial charge in [-0.3, -0.25) is 0 Å². The molecule has 0 fully saturated rings. The first-order valence-electron chi connectivity index (χ1n) is 7.38. The number of halogens is 1. The molecule has 0 saturated carbocycles. The second-order valence-corrected chi connectivity index (χ2v) is 6.31. The summed E-state index contributed by atoms with van der Waals surface area (Å²) < 4.78 is 6.89. The van der Waals surface area contributed by atoms with Gasteiger partial charge in [0, 0.05) is 4.47 Å². The Bertz CT molecular complexity index is 654. The van der Waals surface area contributed by atoms with E-state index in [1.165, 1.54) is 26.7 Å². The smallest absolute Gasteiger partial charge is 0.122 e. The van der Waals surface area contributed by atoms with Crippen LogP contribution in [0.4, 0.5) is 0 Å². The van der Waals surface area contributed by atoms with Crippen LogP contribution in [0.5, 0.6) is 5.75 Å². The third-order valence-electron chi connectivity index (χ3n) is 4.09. The maximum absolute atomic E-state index is 5.71. The quantitative estimate of drug-likeness (QED) is 0.890. The van der Waals surface area contributed by atoms with Gasteiger partial charge in [0.1, 0.15) is 5.75 Å². The minimum atomic E-state index is 0.187. The summed E-state index contributed by atoms with van der Waals surface area (Å²) in [7, 11) is 2.01. The Kier molecular flexibility index (Phi) is 4.32. The minimum absolute atomic E-state index is 0.187. The number of benzene rings is 2. The van der Waals surface area contributed by atoms with Crippen LogP contribution in [0.3, 0.4) is 0 Å². The number of hydrogen-bond donors (Lipinski definition) is 1. The monoisotopic (exact) mass is 345 g/mol. The van der Waals surface area contributed by atoms with E-state index in [0.717, 1.165) is 25.2 Å².